The molecule has 1 saturated heterocycles. The van der Waals surface area contributed by atoms with Crippen molar-refractivity contribution in [3.63, 3.8) is 0 Å². The molecule has 2 aromatic carbocycles. The number of hydrogen-bond donors (Lipinski definition) is 1. The second-order valence-electron chi connectivity index (χ2n) is 6.46. The van der Waals surface area contributed by atoms with Crippen molar-refractivity contribution in [2.75, 3.05) is 52.3 Å². The first-order valence-corrected chi connectivity index (χ1v) is 9.20. The number of nitrogens with one attached hydrogen (secondary N) is 1. The smallest absolute Gasteiger partial charge is 0.254 e. The highest BCUT2D eigenvalue weighted by atomic mass is 16.5. The van der Waals surface area contributed by atoms with Gasteiger partial charge < -0.3 is 24.6 Å². The molecule has 0 aromatic heterocycles. The van der Waals surface area contributed by atoms with Gasteiger partial charge in [-0.1, -0.05) is 18.2 Å². The number of rotatable bonds is 6. The maximum atomic E-state index is 12.8. The summed E-state index contributed by atoms with van der Waals surface area (Å²) in [5.41, 5.74) is 1.46. The Hall–Kier alpha value is -3.22. The van der Waals surface area contributed by atoms with Crippen molar-refractivity contribution in [1.82, 2.24) is 9.80 Å². The van der Waals surface area contributed by atoms with Gasteiger partial charge in [0.1, 0.15) is 0 Å². The van der Waals surface area contributed by atoms with Crippen LogP contribution in [0.2, 0.25) is 0 Å². The summed E-state index contributed by atoms with van der Waals surface area (Å²) < 4.78 is 10.5. The number of methoxy groups -OCH3 is 2. The summed E-state index contributed by atoms with van der Waals surface area (Å²) in [6.07, 6.45) is 0. The molecular formula is C21H25N3O4. The maximum absolute atomic E-state index is 12.8. The number of para-hydroxylation sites is 1. The van der Waals surface area contributed by atoms with Gasteiger partial charge in [-0.15, -0.1) is 0 Å². The van der Waals surface area contributed by atoms with Crippen LogP contribution < -0.4 is 14.8 Å². The zero-order chi connectivity index (χ0) is 19.9. The van der Waals surface area contributed by atoms with Crippen molar-refractivity contribution in [3.8, 4) is 11.5 Å². The number of carbonyl (C=O) groups is 2. The average Bonchev–Trinajstić information content (AvgIpc) is 2.77. The van der Waals surface area contributed by atoms with Crippen molar-refractivity contribution in [1.29, 1.82) is 0 Å². The minimum absolute atomic E-state index is 0.0297. The third-order valence-electron chi connectivity index (χ3n) is 4.77. The first kappa shape index (κ1) is 19.5. The molecule has 3 rings (SSSR count). The van der Waals surface area contributed by atoms with Gasteiger partial charge in [-0.3, -0.25) is 9.59 Å². The zero-order valence-electron chi connectivity index (χ0n) is 16.2. The summed E-state index contributed by atoms with van der Waals surface area (Å²) in [5, 5.41) is 3.13. The number of hydrogen-bond acceptors (Lipinski definition) is 5. The SMILES string of the molecule is COc1ccc(C(=O)N2CCN(C(=O)CNc3ccccc3)CC2)cc1OC. The summed E-state index contributed by atoms with van der Waals surface area (Å²) in [7, 11) is 3.10. The van der Waals surface area contributed by atoms with Crippen LogP contribution in [0.5, 0.6) is 11.5 Å². The lowest BCUT2D eigenvalue weighted by Gasteiger charge is -2.35. The molecule has 7 nitrogen and oxygen atoms in total. The van der Waals surface area contributed by atoms with Gasteiger partial charge in [-0.25, -0.2) is 0 Å². The van der Waals surface area contributed by atoms with E-state index in [1.165, 1.54) is 0 Å². The normalized spacial score (nSPS) is 13.8. The Morgan fingerprint density at radius 2 is 1.54 bits per heavy atom. The molecular weight excluding hydrogens is 358 g/mol. The molecule has 1 heterocycles. The molecule has 0 saturated carbocycles. The van der Waals surface area contributed by atoms with Crippen molar-refractivity contribution in [2.24, 2.45) is 0 Å². The molecule has 1 aliphatic rings. The second kappa shape index (κ2) is 9.12. The van der Waals surface area contributed by atoms with Gasteiger partial charge >= 0.3 is 0 Å². The lowest BCUT2D eigenvalue weighted by molar-refractivity contribution is -0.130. The molecule has 1 N–H and O–H groups in total. The number of carbonyl (C=O) groups excluding carboxylic acids is 2. The van der Waals surface area contributed by atoms with Crippen molar-refractivity contribution in [2.45, 2.75) is 0 Å². The third-order valence-corrected chi connectivity index (χ3v) is 4.77. The lowest BCUT2D eigenvalue weighted by atomic mass is 10.1. The van der Waals surface area contributed by atoms with Crippen LogP contribution in [-0.4, -0.2) is 68.6 Å². The van der Waals surface area contributed by atoms with Crippen LogP contribution in [0.1, 0.15) is 10.4 Å². The molecule has 28 heavy (non-hydrogen) atoms. The van der Waals surface area contributed by atoms with Crippen LogP contribution in [0.3, 0.4) is 0 Å². The zero-order valence-corrected chi connectivity index (χ0v) is 16.2. The highest BCUT2D eigenvalue weighted by molar-refractivity contribution is 5.95. The van der Waals surface area contributed by atoms with Crippen LogP contribution in [-0.2, 0) is 4.79 Å². The number of anilines is 1. The molecule has 0 bridgehead atoms. The fourth-order valence-corrected chi connectivity index (χ4v) is 3.16. The number of piperazine rings is 1. The quantitative estimate of drug-likeness (QED) is 0.827. The van der Waals surface area contributed by atoms with Crippen molar-refractivity contribution >= 4 is 17.5 Å². The Bertz CT molecular complexity index is 818. The molecule has 2 amide bonds. The first-order chi connectivity index (χ1) is 13.6. The molecule has 2 aromatic rings. The Labute approximate surface area is 164 Å². The second-order valence-corrected chi connectivity index (χ2v) is 6.46. The van der Waals surface area contributed by atoms with E-state index >= 15 is 0 Å². The van der Waals surface area contributed by atoms with E-state index in [1.54, 1.807) is 42.2 Å². The Morgan fingerprint density at radius 3 is 2.18 bits per heavy atom. The summed E-state index contributed by atoms with van der Waals surface area (Å²) in [5.74, 6) is 1.06. The van der Waals surface area contributed by atoms with Crippen LogP contribution in [0.15, 0.2) is 48.5 Å². The predicted molar refractivity (Wildman–Crippen MR) is 107 cm³/mol. The Kier molecular flexibility index (Phi) is 6.37. The standard InChI is InChI=1S/C21H25N3O4/c1-27-18-9-8-16(14-19(18)28-2)21(26)24-12-10-23(11-13-24)20(25)15-22-17-6-4-3-5-7-17/h3-9,14,22H,10-13,15H2,1-2H3. The molecule has 0 aliphatic carbocycles. The summed E-state index contributed by atoms with van der Waals surface area (Å²) in [4.78, 5) is 28.7. The number of amides is 2. The minimum Gasteiger partial charge on any atom is -0.493 e. The molecule has 1 fully saturated rings. The van der Waals surface area contributed by atoms with Gasteiger partial charge in [0.25, 0.3) is 5.91 Å². The number of nitrogens with zero attached hydrogens (tertiary/aromatic N) is 2. The van der Waals surface area contributed by atoms with Gasteiger partial charge in [-0.2, -0.15) is 0 Å². The fraction of sp³-hybridized carbons (Fsp3) is 0.333. The van der Waals surface area contributed by atoms with E-state index in [2.05, 4.69) is 5.32 Å². The topological polar surface area (TPSA) is 71.1 Å². The largest absolute Gasteiger partial charge is 0.493 e. The predicted octanol–water partition coefficient (Wildman–Crippen LogP) is 2.10. The molecule has 0 radical (unpaired) electrons. The summed E-state index contributed by atoms with van der Waals surface area (Å²) in [6, 6.07) is 14.8. The van der Waals surface area contributed by atoms with E-state index in [0.717, 1.165) is 5.69 Å². The van der Waals surface area contributed by atoms with Crippen LogP contribution in [0, 0.1) is 0 Å². The molecule has 0 spiro atoms. The van der Waals surface area contributed by atoms with E-state index in [9.17, 15) is 9.59 Å². The average molecular weight is 383 g/mol. The highest BCUT2D eigenvalue weighted by Gasteiger charge is 2.25. The number of benzene rings is 2. The monoisotopic (exact) mass is 383 g/mol. The van der Waals surface area contributed by atoms with E-state index in [0.29, 0.717) is 43.2 Å². The Balaban J connectivity index is 1.53. The maximum Gasteiger partial charge on any atom is 0.254 e. The van der Waals surface area contributed by atoms with Crippen molar-refractivity contribution in [3.05, 3.63) is 54.1 Å². The third kappa shape index (κ3) is 4.54. The van der Waals surface area contributed by atoms with E-state index in [-0.39, 0.29) is 18.4 Å². The van der Waals surface area contributed by atoms with E-state index < -0.39 is 0 Å². The first-order valence-electron chi connectivity index (χ1n) is 9.20. The highest BCUT2D eigenvalue weighted by Crippen LogP contribution is 2.28. The van der Waals surface area contributed by atoms with Crippen LogP contribution in [0.4, 0.5) is 5.69 Å². The van der Waals surface area contributed by atoms with Gasteiger partial charge in [-0.05, 0) is 30.3 Å². The van der Waals surface area contributed by atoms with Gasteiger partial charge in [0.2, 0.25) is 5.91 Å². The van der Waals surface area contributed by atoms with E-state index in [1.807, 2.05) is 30.3 Å². The minimum atomic E-state index is -0.0736. The molecule has 1 aliphatic heterocycles. The fourth-order valence-electron chi connectivity index (χ4n) is 3.16. The molecule has 0 unspecified atom stereocenters. The molecule has 148 valence electrons. The summed E-state index contributed by atoms with van der Waals surface area (Å²) >= 11 is 0. The lowest BCUT2D eigenvalue weighted by Crippen LogP contribution is -2.51. The molecule has 0 atom stereocenters. The summed E-state index contributed by atoms with van der Waals surface area (Å²) in [6.45, 7) is 2.30. The molecule has 7 heteroatoms. The number of ether oxygens (including phenoxy) is 2. The van der Waals surface area contributed by atoms with Crippen molar-refractivity contribution < 1.29 is 19.1 Å². The van der Waals surface area contributed by atoms with Crippen LogP contribution >= 0.6 is 0 Å². The Morgan fingerprint density at radius 1 is 0.893 bits per heavy atom. The van der Waals surface area contributed by atoms with Gasteiger partial charge in [0, 0.05) is 37.4 Å². The van der Waals surface area contributed by atoms with Crippen LogP contribution in [0.25, 0.3) is 0 Å². The van der Waals surface area contributed by atoms with Gasteiger partial charge in [0.15, 0.2) is 11.5 Å². The van der Waals surface area contributed by atoms with Gasteiger partial charge in [0.05, 0.1) is 20.8 Å². The van der Waals surface area contributed by atoms with E-state index in [4.69, 9.17) is 9.47 Å².